The lowest BCUT2D eigenvalue weighted by atomic mass is 10.0. The van der Waals surface area contributed by atoms with Gasteiger partial charge in [-0.25, -0.2) is 9.50 Å². The lowest BCUT2D eigenvalue weighted by Crippen LogP contribution is -2.34. The first-order valence-corrected chi connectivity index (χ1v) is 12.9. The standard InChI is InChI=1S/C28H37N5O/c1-19-25(13-14-26(34)29-17-22-15-16-32(18-22)24-11-7-8-12-24)21(3)33-28(30-19)27(20(2)31-33)23-9-5-4-6-10-23/h4-6,9-10,22,24H,7-8,11-18H2,1-3H3,(H,29,34). The zero-order valence-corrected chi connectivity index (χ0v) is 20.8. The Labute approximate surface area is 202 Å². The summed E-state index contributed by atoms with van der Waals surface area (Å²) in [5.41, 5.74) is 7.25. The maximum absolute atomic E-state index is 12.7. The largest absolute Gasteiger partial charge is 0.356 e. The summed E-state index contributed by atoms with van der Waals surface area (Å²) in [4.78, 5) is 20.3. The SMILES string of the molecule is Cc1nc2c(-c3ccccc3)c(C)nn2c(C)c1CCC(=O)NCC1CCN(C2CCCC2)C1. The molecule has 3 aromatic rings. The summed E-state index contributed by atoms with van der Waals surface area (Å²) >= 11 is 0. The molecule has 2 aliphatic rings. The molecule has 3 heterocycles. The Hall–Kier alpha value is -2.73. The van der Waals surface area contributed by atoms with Crippen LogP contribution in [0.2, 0.25) is 0 Å². The Morgan fingerprint density at radius 1 is 1.06 bits per heavy atom. The van der Waals surface area contributed by atoms with E-state index in [4.69, 9.17) is 10.1 Å². The number of carbonyl (C=O) groups is 1. The summed E-state index contributed by atoms with van der Waals surface area (Å²) in [6, 6.07) is 11.1. The molecule has 1 aromatic carbocycles. The van der Waals surface area contributed by atoms with E-state index in [1.807, 2.05) is 36.6 Å². The predicted octanol–water partition coefficient (Wildman–Crippen LogP) is 4.63. The number of rotatable bonds is 7. The highest BCUT2D eigenvalue weighted by Crippen LogP contribution is 2.30. The van der Waals surface area contributed by atoms with Crippen LogP contribution in [0.3, 0.4) is 0 Å². The van der Waals surface area contributed by atoms with Crippen LogP contribution in [-0.4, -0.2) is 51.1 Å². The predicted molar refractivity (Wildman–Crippen MR) is 136 cm³/mol. The highest BCUT2D eigenvalue weighted by Gasteiger charge is 2.30. The van der Waals surface area contributed by atoms with Crippen molar-refractivity contribution in [2.24, 2.45) is 5.92 Å². The quantitative estimate of drug-likeness (QED) is 0.559. The van der Waals surface area contributed by atoms with Crippen molar-refractivity contribution < 1.29 is 4.79 Å². The Morgan fingerprint density at radius 2 is 1.82 bits per heavy atom. The molecule has 5 rings (SSSR count). The monoisotopic (exact) mass is 459 g/mol. The molecule has 2 aromatic heterocycles. The van der Waals surface area contributed by atoms with Crippen molar-refractivity contribution in [1.82, 2.24) is 24.8 Å². The van der Waals surface area contributed by atoms with Crippen molar-refractivity contribution in [3.63, 3.8) is 0 Å². The number of hydrogen-bond acceptors (Lipinski definition) is 4. The molecule has 1 atom stereocenters. The van der Waals surface area contributed by atoms with Gasteiger partial charge in [0.1, 0.15) is 0 Å². The van der Waals surface area contributed by atoms with Gasteiger partial charge < -0.3 is 10.2 Å². The van der Waals surface area contributed by atoms with Gasteiger partial charge in [-0.05, 0) is 70.0 Å². The van der Waals surface area contributed by atoms with Gasteiger partial charge in [-0.1, -0.05) is 43.2 Å². The summed E-state index contributed by atoms with van der Waals surface area (Å²) in [7, 11) is 0. The normalized spacial score (nSPS) is 19.3. The van der Waals surface area contributed by atoms with E-state index in [9.17, 15) is 4.79 Å². The van der Waals surface area contributed by atoms with Gasteiger partial charge in [0.15, 0.2) is 5.65 Å². The fourth-order valence-electron chi connectivity index (χ4n) is 5.99. The molecule has 6 heteroatoms. The van der Waals surface area contributed by atoms with Crippen LogP contribution >= 0.6 is 0 Å². The minimum Gasteiger partial charge on any atom is -0.356 e. The van der Waals surface area contributed by atoms with Gasteiger partial charge in [0, 0.05) is 42.5 Å². The number of aryl methyl sites for hydroxylation is 3. The van der Waals surface area contributed by atoms with E-state index in [0.29, 0.717) is 18.8 Å². The van der Waals surface area contributed by atoms with Gasteiger partial charge in [-0.3, -0.25) is 4.79 Å². The van der Waals surface area contributed by atoms with Crippen LogP contribution in [0.1, 0.15) is 61.2 Å². The summed E-state index contributed by atoms with van der Waals surface area (Å²) in [5, 5.41) is 8.00. The van der Waals surface area contributed by atoms with Gasteiger partial charge in [-0.15, -0.1) is 0 Å². The second-order valence-corrected chi connectivity index (χ2v) is 10.2. The van der Waals surface area contributed by atoms with Crippen LogP contribution in [-0.2, 0) is 11.2 Å². The van der Waals surface area contributed by atoms with Crippen LogP contribution in [0, 0.1) is 26.7 Å². The Balaban J connectivity index is 1.21. The molecular formula is C28H37N5O. The minimum atomic E-state index is 0.139. The van der Waals surface area contributed by atoms with Gasteiger partial charge in [-0.2, -0.15) is 5.10 Å². The maximum atomic E-state index is 12.7. The molecular weight excluding hydrogens is 422 g/mol. The Bertz CT molecular complexity index is 1160. The van der Waals surface area contributed by atoms with Crippen molar-refractivity contribution in [3.8, 4) is 11.1 Å². The molecule has 34 heavy (non-hydrogen) atoms. The van der Waals surface area contributed by atoms with Crippen molar-refractivity contribution in [2.75, 3.05) is 19.6 Å². The molecule has 1 unspecified atom stereocenters. The average Bonchev–Trinajstić information content (AvgIpc) is 3.58. The zero-order valence-electron chi connectivity index (χ0n) is 20.8. The lowest BCUT2D eigenvalue weighted by Gasteiger charge is -2.23. The van der Waals surface area contributed by atoms with Gasteiger partial charge in [0.2, 0.25) is 5.91 Å². The fourth-order valence-corrected chi connectivity index (χ4v) is 5.99. The Morgan fingerprint density at radius 3 is 2.59 bits per heavy atom. The summed E-state index contributed by atoms with van der Waals surface area (Å²) in [6.07, 6.45) is 7.86. The molecule has 0 radical (unpaired) electrons. The number of aromatic nitrogens is 3. The summed E-state index contributed by atoms with van der Waals surface area (Å²) in [5.74, 6) is 0.731. The van der Waals surface area contributed by atoms with Gasteiger partial charge in [0.25, 0.3) is 0 Å². The molecule has 2 fully saturated rings. The van der Waals surface area contributed by atoms with E-state index in [1.165, 1.54) is 38.6 Å². The highest BCUT2D eigenvalue weighted by atomic mass is 16.1. The summed E-state index contributed by atoms with van der Waals surface area (Å²) < 4.78 is 1.95. The van der Waals surface area contributed by atoms with Crippen molar-refractivity contribution in [2.45, 2.75) is 71.8 Å². The zero-order chi connectivity index (χ0) is 23.7. The maximum Gasteiger partial charge on any atom is 0.220 e. The average molecular weight is 460 g/mol. The van der Waals surface area contributed by atoms with Gasteiger partial charge >= 0.3 is 0 Å². The molecule has 0 bridgehead atoms. The number of benzene rings is 1. The number of fused-ring (bicyclic) bond motifs is 1. The van der Waals surface area contributed by atoms with Crippen LogP contribution in [0.25, 0.3) is 16.8 Å². The molecule has 1 aliphatic heterocycles. The van der Waals surface area contributed by atoms with E-state index in [1.54, 1.807) is 0 Å². The number of carbonyl (C=O) groups excluding carboxylic acids is 1. The number of amides is 1. The molecule has 1 aliphatic carbocycles. The van der Waals surface area contributed by atoms with Crippen LogP contribution in [0.5, 0.6) is 0 Å². The first-order valence-electron chi connectivity index (χ1n) is 12.9. The topological polar surface area (TPSA) is 62.5 Å². The van der Waals surface area contributed by atoms with E-state index < -0.39 is 0 Å². The molecule has 1 saturated carbocycles. The smallest absolute Gasteiger partial charge is 0.220 e. The highest BCUT2D eigenvalue weighted by molar-refractivity contribution is 5.80. The molecule has 1 amide bonds. The third-order valence-electron chi connectivity index (χ3n) is 7.91. The number of nitrogens with zero attached hydrogens (tertiary/aromatic N) is 4. The number of nitrogens with one attached hydrogen (secondary N) is 1. The van der Waals surface area contributed by atoms with E-state index in [-0.39, 0.29) is 5.91 Å². The minimum absolute atomic E-state index is 0.139. The number of hydrogen-bond donors (Lipinski definition) is 1. The van der Waals surface area contributed by atoms with Crippen LogP contribution < -0.4 is 5.32 Å². The third-order valence-corrected chi connectivity index (χ3v) is 7.91. The second kappa shape index (κ2) is 9.87. The fraction of sp³-hybridized carbons (Fsp3) is 0.536. The number of likely N-dealkylation sites (tertiary alicyclic amines) is 1. The second-order valence-electron chi connectivity index (χ2n) is 10.2. The van der Waals surface area contributed by atoms with Crippen molar-refractivity contribution >= 4 is 11.6 Å². The molecule has 1 saturated heterocycles. The Kier molecular flexibility index (Phi) is 6.68. The summed E-state index contributed by atoms with van der Waals surface area (Å²) in [6.45, 7) is 9.32. The van der Waals surface area contributed by atoms with Gasteiger partial charge in [0.05, 0.1) is 5.69 Å². The molecule has 180 valence electrons. The van der Waals surface area contributed by atoms with E-state index in [2.05, 4.69) is 29.3 Å². The van der Waals surface area contributed by atoms with Crippen LogP contribution in [0.4, 0.5) is 0 Å². The van der Waals surface area contributed by atoms with E-state index in [0.717, 1.165) is 58.6 Å². The molecule has 1 N–H and O–H groups in total. The lowest BCUT2D eigenvalue weighted by molar-refractivity contribution is -0.121. The first kappa shape index (κ1) is 23.0. The third kappa shape index (κ3) is 4.61. The first-order chi connectivity index (χ1) is 16.5. The van der Waals surface area contributed by atoms with Crippen molar-refractivity contribution in [3.05, 3.63) is 53.0 Å². The van der Waals surface area contributed by atoms with E-state index >= 15 is 0 Å². The molecule has 6 nitrogen and oxygen atoms in total. The molecule has 0 spiro atoms. The van der Waals surface area contributed by atoms with Crippen molar-refractivity contribution in [1.29, 1.82) is 0 Å². The van der Waals surface area contributed by atoms with Crippen LogP contribution in [0.15, 0.2) is 30.3 Å².